The highest BCUT2D eigenvalue weighted by atomic mass is 35.5. The molecule has 0 bridgehead atoms. The van der Waals surface area contributed by atoms with E-state index in [0.29, 0.717) is 17.2 Å². The molecule has 0 aliphatic heterocycles. The van der Waals surface area contributed by atoms with Gasteiger partial charge in [0.1, 0.15) is 0 Å². The first-order valence-electron chi connectivity index (χ1n) is 7.71. The van der Waals surface area contributed by atoms with Crippen molar-refractivity contribution in [3.05, 3.63) is 66.5 Å². The van der Waals surface area contributed by atoms with Gasteiger partial charge < -0.3 is 10.7 Å². The molecular weight excluding hydrogens is 372 g/mol. The van der Waals surface area contributed by atoms with Crippen LogP contribution in [0, 0.1) is 6.92 Å². The van der Waals surface area contributed by atoms with Crippen molar-refractivity contribution in [1.82, 2.24) is 13.9 Å². The fourth-order valence-electron chi connectivity index (χ4n) is 2.93. The number of aromatic nitrogens is 3. The predicted octanol–water partition coefficient (Wildman–Crippen LogP) is 3.58. The Hall–Kier alpha value is -2.77. The third kappa shape index (κ3) is 2.85. The summed E-state index contributed by atoms with van der Waals surface area (Å²) in [5.41, 5.74) is 8.67. The fraction of sp³-hybridized carbons (Fsp3) is 0.0556. The number of anilines is 1. The number of hydrogen-bond acceptors (Lipinski definition) is 4. The van der Waals surface area contributed by atoms with Crippen molar-refractivity contribution >= 4 is 39.3 Å². The Morgan fingerprint density at radius 3 is 2.46 bits per heavy atom. The molecular formula is C18H17ClN4O2S. The maximum atomic E-state index is 12.9. The van der Waals surface area contributed by atoms with Gasteiger partial charge in [0, 0.05) is 22.8 Å². The number of H-pyrrole nitrogens is 1. The molecule has 26 heavy (non-hydrogen) atoms. The van der Waals surface area contributed by atoms with Crippen molar-refractivity contribution in [2.75, 3.05) is 5.73 Å². The van der Waals surface area contributed by atoms with Crippen LogP contribution in [0.25, 0.3) is 22.2 Å². The zero-order chi connectivity index (χ0) is 17.6. The molecule has 0 unspecified atom stereocenters. The summed E-state index contributed by atoms with van der Waals surface area (Å²) in [6, 6.07) is 15.8. The lowest BCUT2D eigenvalue weighted by atomic mass is 10.1. The lowest BCUT2D eigenvalue weighted by Crippen LogP contribution is -2.11. The molecule has 0 saturated heterocycles. The van der Waals surface area contributed by atoms with Crippen LogP contribution in [0.1, 0.15) is 5.69 Å². The summed E-state index contributed by atoms with van der Waals surface area (Å²) in [4.78, 5) is 7.49. The molecule has 0 fully saturated rings. The van der Waals surface area contributed by atoms with Crippen LogP contribution < -0.4 is 5.73 Å². The lowest BCUT2D eigenvalue weighted by Gasteiger charge is -2.08. The van der Waals surface area contributed by atoms with Gasteiger partial charge in [0.25, 0.3) is 10.0 Å². The fourth-order valence-corrected chi connectivity index (χ4v) is 4.30. The second kappa shape index (κ2) is 6.51. The molecule has 0 spiro atoms. The number of nitrogens with zero attached hydrogens (tertiary/aromatic N) is 2. The van der Waals surface area contributed by atoms with E-state index in [4.69, 9.17) is 5.73 Å². The summed E-state index contributed by atoms with van der Waals surface area (Å²) in [5, 5.41) is 0.837. The van der Waals surface area contributed by atoms with Gasteiger partial charge in [-0.2, -0.15) is 0 Å². The van der Waals surface area contributed by atoms with E-state index in [1.54, 1.807) is 42.6 Å². The topological polar surface area (TPSA) is 93.8 Å². The van der Waals surface area contributed by atoms with E-state index in [0.717, 1.165) is 16.6 Å². The van der Waals surface area contributed by atoms with E-state index >= 15 is 0 Å². The number of benzene rings is 2. The quantitative estimate of drug-likeness (QED) is 0.560. The van der Waals surface area contributed by atoms with Crippen LogP contribution in [0.2, 0.25) is 0 Å². The molecule has 0 aliphatic rings. The van der Waals surface area contributed by atoms with Crippen molar-refractivity contribution in [3.8, 4) is 11.3 Å². The minimum atomic E-state index is -3.66. The van der Waals surface area contributed by atoms with Gasteiger partial charge >= 0.3 is 0 Å². The molecule has 0 atom stereocenters. The minimum absolute atomic E-state index is 0. The molecule has 0 amide bonds. The molecule has 2 heterocycles. The highest BCUT2D eigenvalue weighted by Crippen LogP contribution is 2.28. The Morgan fingerprint density at radius 1 is 1.08 bits per heavy atom. The van der Waals surface area contributed by atoms with Gasteiger partial charge in [0.2, 0.25) is 0 Å². The molecule has 134 valence electrons. The van der Waals surface area contributed by atoms with Crippen molar-refractivity contribution in [2.45, 2.75) is 11.8 Å². The molecule has 2 aromatic carbocycles. The lowest BCUT2D eigenvalue weighted by molar-refractivity contribution is 0.589. The number of aryl methyl sites for hydroxylation is 1. The average Bonchev–Trinajstić information content (AvgIpc) is 3.18. The summed E-state index contributed by atoms with van der Waals surface area (Å²) in [6.45, 7) is 1.88. The molecule has 0 radical (unpaired) electrons. The van der Waals surface area contributed by atoms with Crippen LogP contribution in [-0.4, -0.2) is 22.4 Å². The first kappa shape index (κ1) is 18.0. The molecule has 0 aliphatic carbocycles. The minimum Gasteiger partial charge on any atom is -0.369 e. The molecule has 4 rings (SSSR count). The number of imidazole rings is 1. The van der Waals surface area contributed by atoms with Gasteiger partial charge in [-0.1, -0.05) is 30.3 Å². The maximum absolute atomic E-state index is 12.9. The summed E-state index contributed by atoms with van der Waals surface area (Å²) >= 11 is 0. The Balaban J connectivity index is 0.00000196. The van der Waals surface area contributed by atoms with Crippen molar-refractivity contribution < 1.29 is 8.42 Å². The van der Waals surface area contributed by atoms with Gasteiger partial charge in [0.15, 0.2) is 5.95 Å². The van der Waals surface area contributed by atoms with Crippen LogP contribution in [0.15, 0.2) is 65.7 Å². The average molecular weight is 389 g/mol. The molecule has 6 nitrogen and oxygen atoms in total. The third-order valence-electron chi connectivity index (χ3n) is 4.13. The number of rotatable bonds is 3. The second-order valence-electron chi connectivity index (χ2n) is 5.80. The number of halogens is 1. The summed E-state index contributed by atoms with van der Waals surface area (Å²) < 4.78 is 27.2. The van der Waals surface area contributed by atoms with Crippen LogP contribution >= 0.6 is 12.4 Å². The largest absolute Gasteiger partial charge is 0.369 e. The van der Waals surface area contributed by atoms with Crippen molar-refractivity contribution in [3.63, 3.8) is 0 Å². The van der Waals surface area contributed by atoms with Crippen LogP contribution in [0.4, 0.5) is 5.95 Å². The molecule has 2 aromatic heterocycles. The predicted molar refractivity (Wildman–Crippen MR) is 105 cm³/mol. The smallest absolute Gasteiger partial charge is 0.268 e. The van der Waals surface area contributed by atoms with E-state index in [-0.39, 0.29) is 17.3 Å². The number of nitrogens with two attached hydrogens (primary N) is 1. The van der Waals surface area contributed by atoms with Crippen LogP contribution in [0.5, 0.6) is 0 Å². The first-order valence-corrected chi connectivity index (χ1v) is 9.15. The number of nitrogens with one attached hydrogen (secondary N) is 1. The van der Waals surface area contributed by atoms with Gasteiger partial charge in [-0.25, -0.2) is 17.4 Å². The summed E-state index contributed by atoms with van der Waals surface area (Å²) in [7, 11) is -3.66. The van der Waals surface area contributed by atoms with Crippen LogP contribution in [-0.2, 0) is 10.0 Å². The van der Waals surface area contributed by atoms with Gasteiger partial charge in [-0.15, -0.1) is 12.4 Å². The SMILES string of the molecule is Cc1[nH]c(N)nc1-c1ccc2ccn(S(=O)(=O)c3ccccc3)c2c1.Cl. The molecule has 4 aromatic rings. The van der Waals surface area contributed by atoms with Gasteiger partial charge in [0.05, 0.1) is 16.1 Å². The number of nitrogen functional groups attached to an aromatic ring is 1. The third-order valence-corrected chi connectivity index (χ3v) is 5.84. The Kier molecular flexibility index (Phi) is 4.52. The van der Waals surface area contributed by atoms with E-state index in [9.17, 15) is 8.42 Å². The normalized spacial score (nSPS) is 11.4. The zero-order valence-electron chi connectivity index (χ0n) is 13.9. The van der Waals surface area contributed by atoms with Crippen molar-refractivity contribution in [2.24, 2.45) is 0 Å². The van der Waals surface area contributed by atoms with Gasteiger partial charge in [-0.05, 0) is 31.2 Å². The monoisotopic (exact) mass is 388 g/mol. The Morgan fingerprint density at radius 2 is 1.81 bits per heavy atom. The van der Waals surface area contributed by atoms with E-state index < -0.39 is 10.0 Å². The van der Waals surface area contributed by atoms with Crippen molar-refractivity contribution in [1.29, 1.82) is 0 Å². The maximum Gasteiger partial charge on any atom is 0.268 e. The molecule has 3 N–H and O–H groups in total. The van der Waals surface area contributed by atoms with Crippen LogP contribution in [0.3, 0.4) is 0 Å². The number of fused-ring (bicyclic) bond motifs is 1. The zero-order valence-corrected chi connectivity index (χ0v) is 15.5. The molecule has 0 saturated carbocycles. The first-order chi connectivity index (χ1) is 12.0. The van der Waals surface area contributed by atoms with Gasteiger partial charge in [-0.3, -0.25) is 0 Å². The molecule has 8 heteroatoms. The number of hydrogen-bond donors (Lipinski definition) is 2. The number of aromatic amines is 1. The van der Waals surface area contributed by atoms with E-state index in [1.807, 2.05) is 25.1 Å². The standard InChI is InChI=1S/C18H16N4O2S.ClH/c1-12-17(21-18(19)20-12)14-8-7-13-9-10-22(16(13)11-14)25(23,24)15-5-3-2-4-6-15;/h2-11H,1H3,(H3,19,20,21);1H. The van der Waals surface area contributed by atoms with E-state index in [2.05, 4.69) is 9.97 Å². The summed E-state index contributed by atoms with van der Waals surface area (Å²) in [6.07, 6.45) is 1.57. The van der Waals surface area contributed by atoms with E-state index in [1.165, 1.54) is 3.97 Å². The Labute approximate surface area is 157 Å². The highest BCUT2D eigenvalue weighted by Gasteiger charge is 2.19. The Bertz CT molecular complexity index is 1180. The summed E-state index contributed by atoms with van der Waals surface area (Å²) in [5.74, 6) is 0.333. The second-order valence-corrected chi connectivity index (χ2v) is 7.61. The highest BCUT2D eigenvalue weighted by molar-refractivity contribution is 7.90.